The third kappa shape index (κ3) is 4.77. The van der Waals surface area contributed by atoms with Gasteiger partial charge in [0.25, 0.3) is 0 Å². The van der Waals surface area contributed by atoms with Gasteiger partial charge in [-0.15, -0.1) is 10.2 Å². The third-order valence-electron chi connectivity index (χ3n) is 5.73. The van der Waals surface area contributed by atoms with E-state index < -0.39 is 0 Å². The Morgan fingerprint density at radius 3 is 2.77 bits per heavy atom. The summed E-state index contributed by atoms with van der Waals surface area (Å²) in [6.45, 7) is 5.14. The normalized spacial score (nSPS) is 16.1. The Labute approximate surface area is 187 Å². The van der Waals surface area contributed by atoms with Crippen LogP contribution >= 0.6 is 11.8 Å². The van der Waals surface area contributed by atoms with Crippen LogP contribution in [0, 0.1) is 0 Å². The Kier molecular flexibility index (Phi) is 6.61. The predicted octanol–water partition coefficient (Wildman–Crippen LogP) is 4.86. The zero-order chi connectivity index (χ0) is 21.8. The number of ether oxygens (including phenoxy) is 1. The van der Waals surface area contributed by atoms with Crippen LogP contribution in [0.5, 0.6) is 5.75 Å². The fourth-order valence-corrected chi connectivity index (χ4v) is 4.80. The van der Waals surface area contributed by atoms with Crippen LogP contribution in [0.4, 0.5) is 0 Å². The zero-order valence-electron chi connectivity index (χ0n) is 18.2. The number of methoxy groups -OCH3 is 1. The summed E-state index contributed by atoms with van der Waals surface area (Å²) in [5, 5.41) is 9.03. The van der Waals surface area contributed by atoms with Crippen molar-refractivity contribution in [2.45, 2.75) is 43.8 Å². The van der Waals surface area contributed by atoms with E-state index in [1.807, 2.05) is 27.7 Å². The molecule has 0 N–H and O–H groups in total. The minimum Gasteiger partial charge on any atom is -0.497 e. The number of carbonyl (C=O) groups excluding carboxylic acids is 1. The largest absolute Gasteiger partial charge is 0.497 e. The van der Waals surface area contributed by atoms with Gasteiger partial charge in [0.1, 0.15) is 12.1 Å². The first kappa shape index (κ1) is 21.4. The van der Waals surface area contributed by atoms with Gasteiger partial charge < -0.3 is 9.64 Å². The minimum absolute atomic E-state index is 0.102. The molecule has 6 nitrogen and oxygen atoms in total. The van der Waals surface area contributed by atoms with Crippen molar-refractivity contribution in [3.05, 3.63) is 66.0 Å². The summed E-state index contributed by atoms with van der Waals surface area (Å²) in [4.78, 5) is 15.0. The molecule has 1 saturated heterocycles. The molecule has 1 aliphatic rings. The van der Waals surface area contributed by atoms with Gasteiger partial charge in [-0.05, 0) is 54.2 Å². The molecular weight excluding hydrogens is 408 g/mol. The van der Waals surface area contributed by atoms with Crippen molar-refractivity contribution in [1.82, 2.24) is 19.7 Å². The van der Waals surface area contributed by atoms with E-state index in [0.717, 1.165) is 41.5 Å². The van der Waals surface area contributed by atoms with Crippen molar-refractivity contribution in [2.24, 2.45) is 0 Å². The minimum atomic E-state index is 0.102. The van der Waals surface area contributed by atoms with E-state index >= 15 is 0 Å². The Balaban J connectivity index is 1.44. The second-order valence-corrected chi connectivity index (χ2v) is 8.98. The highest BCUT2D eigenvalue weighted by atomic mass is 32.2. The number of thioether (sulfide) groups is 1. The summed E-state index contributed by atoms with van der Waals surface area (Å²) in [6.07, 6.45) is 3.69. The van der Waals surface area contributed by atoms with Crippen LogP contribution in [0.3, 0.4) is 0 Å². The second kappa shape index (κ2) is 9.56. The maximum atomic E-state index is 13.1. The molecule has 0 aliphatic carbocycles. The number of likely N-dealkylation sites (tertiary alicyclic amines) is 1. The molecule has 1 aliphatic heterocycles. The van der Waals surface area contributed by atoms with E-state index in [9.17, 15) is 4.79 Å². The van der Waals surface area contributed by atoms with Crippen molar-refractivity contribution >= 4 is 17.7 Å². The number of aromatic nitrogens is 3. The molecule has 2 aromatic carbocycles. The van der Waals surface area contributed by atoms with Gasteiger partial charge in [0.05, 0.1) is 18.9 Å². The quantitative estimate of drug-likeness (QED) is 0.495. The SMILES string of the molecule is COc1cccc(C2CCCN2C(=O)CSc2nncn2-c2ccc(C(C)C)cc2)c1. The molecule has 1 unspecified atom stereocenters. The Bertz CT molecular complexity index is 1030. The summed E-state index contributed by atoms with van der Waals surface area (Å²) in [5.74, 6) is 1.77. The number of carbonyl (C=O) groups is 1. The first-order valence-electron chi connectivity index (χ1n) is 10.6. The molecule has 0 saturated carbocycles. The lowest BCUT2D eigenvalue weighted by Gasteiger charge is -2.25. The van der Waals surface area contributed by atoms with E-state index in [1.54, 1.807) is 13.4 Å². The van der Waals surface area contributed by atoms with E-state index in [-0.39, 0.29) is 11.9 Å². The molecule has 31 heavy (non-hydrogen) atoms. The molecule has 4 rings (SSSR count). The fraction of sp³-hybridized carbons (Fsp3) is 0.375. The van der Waals surface area contributed by atoms with Gasteiger partial charge in [-0.1, -0.05) is 49.9 Å². The molecule has 1 aromatic heterocycles. The van der Waals surface area contributed by atoms with Crippen molar-refractivity contribution in [2.75, 3.05) is 19.4 Å². The lowest BCUT2D eigenvalue weighted by molar-refractivity contribution is -0.129. The number of nitrogens with zero attached hydrogens (tertiary/aromatic N) is 4. The third-order valence-corrected chi connectivity index (χ3v) is 6.66. The maximum Gasteiger partial charge on any atom is 0.233 e. The van der Waals surface area contributed by atoms with Crippen molar-refractivity contribution in [3.63, 3.8) is 0 Å². The van der Waals surface area contributed by atoms with Crippen LogP contribution in [0.15, 0.2) is 60.0 Å². The summed E-state index contributed by atoms with van der Waals surface area (Å²) in [7, 11) is 1.67. The average molecular weight is 437 g/mol. The molecule has 1 atom stereocenters. The number of rotatable bonds is 7. The van der Waals surface area contributed by atoms with Gasteiger partial charge >= 0.3 is 0 Å². The number of hydrogen-bond donors (Lipinski definition) is 0. The van der Waals surface area contributed by atoms with Gasteiger partial charge in [-0.25, -0.2) is 0 Å². The first-order valence-corrected chi connectivity index (χ1v) is 11.6. The van der Waals surface area contributed by atoms with E-state index in [4.69, 9.17) is 4.74 Å². The maximum absolute atomic E-state index is 13.1. The van der Waals surface area contributed by atoms with Crippen LogP contribution in [0.1, 0.15) is 49.8 Å². The molecule has 0 spiro atoms. The van der Waals surface area contributed by atoms with Crippen LogP contribution < -0.4 is 4.74 Å². The predicted molar refractivity (Wildman–Crippen MR) is 123 cm³/mol. The van der Waals surface area contributed by atoms with Gasteiger partial charge in [-0.2, -0.15) is 0 Å². The van der Waals surface area contributed by atoms with Gasteiger partial charge in [-0.3, -0.25) is 9.36 Å². The standard InChI is InChI=1S/C24H28N4O2S/c1-17(2)18-9-11-20(12-10-18)28-16-25-26-24(28)31-15-23(29)27-13-5-8-22(27)19-6-4-7-21(14-19)30-3/h4,6-7,9-12,14,16-17,22H,5,8,13,15H2,1-3H3. The molecular formula is C24H28N4O2S. The monoisotopic (exact) mass is 436 g/mol. The summed E-state index contributed by atoms with van der Waals surface area (Å²) in [5.41, 5.74) is 3.42. The molecule has 1 fully saturated rings. The molecule has 1 amide bonds. The molecule has 7 heteroatoms. The van der Waals surface area contributed by atoms with Gasteiger partial charge in [0.15, 0.2) is 5.16 Å². The molecule has 2 heterocycles. The number of amides is 1. The summed E-state index contributed by atoms with van der Waals surface area (Å²) in [6, 6.07) is 16.5. The van der Waals surface area contributed by atoms with E-state index in [1.165, 1.54) is 17.3 Å². The number of hydrogen-bond acceptors (Lipinski definition) is 5. The fourth-order valence-electron chi connectivity index (χ4n) is 3.99. The van der Waals surface area contributed by atoms with Crippen LogP contribution in [-0.4, -0.2) is 45.0 Å². The van der Waals surface area contributed by atoms with Gasteiger partial charge in [0.2, 0.25) is 5.91 Å². The highest BCUT2D eigenvalue weighted by Crippen LogP contribution is 2.34. The van der Waals surface area contributed by atoms with Gasteiger partial charge in [0, 0.05) is 12.2 Å². The Morgan fingerprint density at radius 2 is 2.03 bits per heavy atom. The van der Waals surface area contributed by atoms with Crippen molar-refractivity contribution < 1.29 is 9.53 Å². The first-order chi connectivity index (χ1) is 15.1. The second-order valence-electron chi connectivity index (χ2n) is 8.04. The topological polar surface area (TPSA) is 60.2 Å². The van der Waals surface area contributed by atoms with Crippen LogP contribution in [-0.2, 0) is 4.79 Å². The lowest BCUT2D eigenvalue weighted by Crippen LogP contribution is -2.32. The number of benzene rings is 2. The van der Waals surface area contributed by atoms with Crippen LogP contribution in [0.25, 0.3) is 5.69 Å². The van der Waals surface area contributed by atoms with Crippen LogP contribution in [0.2, 0.25) is 0 Å². The smallest absolute Gasteiger partial charge is 0.233 e. The highest BCUT2D eigenvalue weighted by molar-refractivity contribution is 7.99. The zero-order valence-corrected chi connectivity index (χ0v) is 19.0. The Hall–Kier alpha value is -2.80. The summed E-state index contributed by atoms with van der Waals surface area (Å²) < 4.78 is 7.29. The van der Waals surface area contributed by atoms with E-state index in [0.29, 0.717) is 11.7 Å². The van der Waals surface area contributed by atoms with Crippen molar-refractivity contribution in [3.8, 4) is 11.4 Å². The van der Waals surface area contributed by atoms with E-state index in [2.05, 4.69) is 54.4 Å². The molecule has 0 radical (unpaired) electrons. The highest BCUT2D eigenvalue weighted by Gasteiger charge is 2.30. The molecule has 0 bridgehead atoms. The van der Waals surface area contributed by atoms with Crippen molar-refractivity contribution in [1.29, 1.82) is 0 Å². The molecule has 3 aromatic rings. The lowest BCUT2D eigenvalue weighted by atomic mass is 10.0. The average Bonchev–Trinajstić information content (AvgIpc) is 3.47. The summed E-state index contributed by atoms with van der Waals surface area (Å²) >= 11 is 1.43. The Morgan fingerprint density at radius 1 is 1.23 bits per heavy atom. The molecule has 162 valence electrons.